The lowest BCUT2D eigenvalue weighted by Gasteiger charge is -2.14. The molecule has 13 heavy (non-hydrogen) atoms. The first kappa shape index (κ1) is 11.0. The smallest absolute Gasteiger partial charge is 0.0466 e. The summed E-state index contributed by atoms with van der Waals surface area (Å²) in [5, 5.41) is 3.40. The van der Waals surface area contributed by atoms with Crippen LogP contribution in [0.1, 0.15) is 39.0 Å². The standard InChI is InChI=1S/C11H23NO/c1-3-8-13-9-4-5-11(12-2)10-6-7-10/h10-12H,3-9H2,1-2H3. The second kappa shape index (κ2) is 6.39. The Balaban J connectivity index is 1.90. The Kier molecular flexibility index (Phi) is 5.40. The molecule has 2 heteroatoms. The Labute approximate surface area is 82.0 Å². The highest BCUT2D eigenvalue weighted by Gasteiger charge is 2.29. The van der Waals surface area contributed by atoms with Crippen molar-refractivity contribution in [2.45, 2.75) is 45.1 Å². The van der Waals surface area contributed by atoms with Gasteiger partial charge in [-0.15, -0.1) is 0 Å². The Morgan fingerprint density at radius 3 is 2.69 bits per heavy atom. The van der Waals surface area contributed by atoms with E-state index in [2.05, 4.69) is 19.3 Å². The number of hydrogen-bond donors (Lipinski definition) is 1. The van der Waals surface area contributed by atoms with Crippen molar-refractivity contribution in [2.24, 2.45) is 5.92 Å². The molecule has 1 aliphatic rings. The van der Waals surface area contributed by atoms with E-state index in [1.807, 2.05) is 0 Å². The van der Waals surface area contributed by atoms with Gasteiger partial charge in [-0.05, 0) is 45.1 Å². The number of hydrogen-bond acceptors (Lipinski definition) is 2. The van der Waals surface area contributed by atoms with E-state index < -0.39 is 0 Å². The van der Waals surface area contributed by atoms with Gasteiger partial charge in [0.15, 0.2) is 0 Å². The Bertz CT molecular complexity index is 123. The third kappa shape index (κ3) is 4.63. The minimum Gasteiger partial charge on any atom is -0.381 e. The molecule has 1 unspecified atom stereocenters. The minimum absolute atomic E-state index is 0.755. The third-order valence-corrected chi connectivity index (χ3v) is 2.71. The molecule has 0 aromatic heterocycles. The molecular formula is C11H23NO. The SMILES string of the molecule is CCCOCCCC(NC)C1CC1. The van der Waals surface area contributed by atoms with Gasteiger partial charge in [0.1, 0.15) is 0 Å². The highest BCUT2D eigenvalue weighted by molar-refractivity contribution is 4.85. The zero-order valence-electron chi connectivity index (χ0n) is 9.01. The Morgan fingerprint density at radius 1 is 1.38 bits per heavy atom. The van der Waals surface area contributed by atoms with Gasteiger partial charge in [-0.1, -0.05) is 6.92 Å². The van der Waals surface area contributed by atoms with Gasteiger partial charge < -0.3 is 10.1 Å². The molecule has 1 fully saturated rings. The number of ether oxygens (including phenoxy) is 1. The predicted molar refractivity (Wildman–Crippen MR) is 55.9 cm³/mol. The Hall–Kier alpha value is -0.0800. The van der Waals surface area contributed by atoms with Gasteiger partial charge in [-0.25, -0.2) is 0 Å². The van der Waals surface area contributed by atoms with Crippen LogP contribution in [0.3, 0.4) is 0 Å². The fourth-order valence-corrected chi connectivity index (χ4v) is 1.77. The van der Waals surface area contributed by atoms with E-state index >= 15 is 0 Å². The largest absolute Gasteiger partial charge is 0.381 e. The second-order valence-electron chi connectivity index (χ2n) is 3.99. The molecule has 2 nitrogen and oxygen atoms in total. The van der Waals surface area contributed by atoms with E-state index in [9.17, 15) is 0 Å². The van der Waals surface area contributed by atoms with Crippen LogP contribution in [0.2, 0.25) is 0 Å². The van der Waals surface area contributed by atoms with Crippen LogP contribution < -0.4 is 5.32 Å². The molecular weight excluding hydrogens is 162 g/mol. The van der Waals surface area contributed by atoms with Crippen molar-refractivity contribution in [2.75, 3.05) is 20.3 Å². The van der Waals surface area contributed by atoms with Crippen molar-refractivity contribution >= 4 is 0 Å². The number of nitrogens with one attached hydrogen (secondary N) is 1. The normalized spacial score (nSPS) is 18.9. The van der Waals surface area contributed by atoms with Crippen LogP contribution in [0.5, 0.6) is 0 Å². The molecule has 0 radical (unpaired) electrons. The van der Waals surface area contributed by atoms with E-state index in [0.29, 0.717) is 0 Å². The summed E-state index contributed by atoms with van der Waals surface area (Å²) in [6, 6.07) is 0.755. The van der Waals surface area contributed by atoms with E-state index in [-0.39, 0.29) is 0 Å². The van der Waals surface area contributed by atoms with Gasteiger partial charge in [-0.2, -0.15) is 0 Å². The second-order valence-corrected chi connectivity index (χ2v) is 3.99. The van der Waals surface area contributed by atoms with Crippen LogP contribution in [0, 0.1) is 5.92 Å². The zero-order chi connectivity index (χ0) is 9.52. The van der Waals surface area contributed by atoms with E-state index in [1.54, 1.807) is 0 Å². The minimum atomic E-state index is 0.755. The molecule has 1 atom stereocenters. The van der Waals surface area contributed by atoms with E-state index in [4.69, 9.17) is 4.74 Å². The lowest BCUT2D eigenvalue weighted by atomic mass is 10.1. The average Bonchev–Trinajstić information content (AvgIpc) is 2.95. The monoisotopic (exact) mass is 185 g/mol. The highest BCUT2D eigenvalue weighted by atomic mass is 16.5. The van der Waals surface area contributed by atoms with Crippen molar-refractivity contribution in [3.05, 3.63) is 0 Å². The van der Waals surface area contributed by atoms with Crippen molar-refractivity contribution < 1.29 is 4.74 Å². The van der Waals surface area contributed by atoms with Gasteiger partial charge >= 0.3 is 0 Å². The van der Waals surface area contributed by atoms with Gasteiger partial charge in [0, 0.05) is 19.3 Å². The molecule has 1 saturated carbocycles. The average molecular weight is 185 g/mol. The first-order chi connectivity index (χ1) is 6.38. The summed E-state index contributed by atoms with van der Waals surface area (Å²) >= 11 is 0. The maximum Gasteiger partial charge on any atom is 0.0466 e. The van der Waals surface area contributed by atoms with Crippen LogP contribution in [-0.2, 0) is 4.74 Å². The zero-order valence-corrected chi connectivity index (χ0v) is 9.01. The molecule has 0 heterocycles. The summed E-state index contributed by atoms with van der Waals surface area (Å²) in [5.41, 5.74) is 0. The van der Waals surface area contributed by atoms with Crippen LogP contribution >= 0.6 is 0 Å². The lowest BCUT2D eigenvalue weighted by Crippen LogP contribution is -2.27. The maximum atomic E-state index is 5.45. The first-order valence-corrected chi connectivity index (χ1v) is 5.63. The summed E-state index contributed by atoms with van der Waals surface area (Å²) in [6.45, 7) is 4.02. The van der Waals surface area contributed by atoms with Crippen LogP contribution in [0.4, 0.5) is 0 Å². The van der Waals surface area contributed by atoms with Gasteiger partial charge in [0.25, 0.3) is 0 Å². The topological polar surface area (TPSA) is 21.3 Å². The van der Waals surface area contributed by atoms with Gasteiger partial charge in [0.05, 0.1) is 0 Å². The number of rotatable bonds is 8. The van der Waals surface area contributed by atoms with Crippen LogP contribution in [0.15, 0.2) is 0 Å². The van der Waals surface area contributed by atoms with Crippen LogP contribution in [-0.4, -0.2) is 26.3 Å². The van der Waals surface area contributed by atoms with E-state index in [1.165, 1.54) is 25.7 Å². The maximum absolute atomic E-state index is 5.45. The molecule has 0 aromatic rings. The summed E-state index contributed by atoms with van der Waals surface area (Å²) in [5.74, 6) is 0.969. The Morgan fingerprint density at radius 2 is 2.15 bits per heavy atom. The highest BCUT2D eigenvalue weighted by Crippen LogP contribution is 2.34. The molecule has 1 aliphatic carbocycles. The van der Waals surface area contributed by atoms with E-state index in [0.717, 1.165) is 31.6 Å². The molecule has 78 valence electrons. The van der Waals surface area contributed by atoms with Crippen molar-refractivity contribution in [3.63, 3.8) is 0 Å². The quantitative estimate of drug-likeness (QED) is 0.585. The predicted octanol–water partition coefficient (Wildman–Crippen LogP) is 2.19. The van der Waals surface area contributed by atoms with Crippen molar-refractivity contribution in [3.8, 4) is 0 Å². The molecule has 1 rings (SSSR count). The molecule has 1 N–H and O–H groups in total. The summed E-state index contributed by atoms with van der Waals surface area (Å²) in [4.78, 5) is 0. The molecule has 0 amide bonds. The fraction of sp³-hybridized carbons (Fsp3) is 1.00. The molecule has 0 aliphatic heterocycles. The summed E-state index contributed by atoms with van der Waals surface area (Å²) in [7, 11) is 2.08. The third-order valence-electron chi connectivity index (χ3n) is 2.71. The van der Waals surface area contributed by atoms with Gasteiger partial charge in [-0.3, -0.25) is 0 Å². The molecule has 0 spiro atoms. The lowest BCUT2D eigenvalue weighted by molar-refractivity contribution is 0.128. The summed E-state index contributed by atoms with van der Waals surface area (Å²) in [6.07, 6.45) is 6.49. The van der Waals surface area contributed by atoms with Crippen molar-refractivity contribution in [1.82, 2.24) is 5.32 Å². The first-order valence-electron chi connectivity index (χ1n) is 5.63. The molecule has 0 saturated heterocycles. The van der Waals surface area contributed by atoms with Crippen LogP contribution in [0.25, 0.3) is 0 Å². The van der Waals surface area contributed by atoms with Gasteiger partial charge in [0.2, 0.25) is 0 Å². The molecule has 0 aromatic carbocycles. The fourth-order valence-electron chi connectivity index (χ4n) is 1.77. The summed E-state index contributed by atoms with van der Waals surface area (Å²) < 4.78 is 5.45. The molecule has 0 bridgehead atoms. The van der Waals surface area contributed by atoms with Crippen molar-refractivity contribution in [1.29, 1.82) is 0 Å².